The number of aromatic nitrogens is 2. The van der Waals surface area contributed by atoms with Gasteiger partial charge in [-0.2, -0.15) is 0 Å². The van der Waals surface area contributed by atoms with Crippen LogP contribution in [0.4, 0.5) is 5.82 Å². The van der Waals surface area contributed by atoms with Crippen molar-refractivity contribution in [2.45, 2.75) is 25.3 Å². The molecule has 3 nitrogen and oxygen atoms in total. The molecule has 0 saturated carbocycles. The monoisotopic (exact) mass is 225 g/mol. The van der Waals surface area contributed by atoms with Crippen LogP contribution < -0.4 is 5.32 Å². The molecule has 0 unspecified atom stereocenters. The fraction of sp³-hybridized carbons (Fsp3) is 0.286. The molecule has 2 aromatic rings. The van der Waals surface area contributed by atoms with Crippen molar-refractivity contribution in [3.63, 3.8) is 0 Å². The van der Waals surface area contributed by atoms with E-state index >= 15 is 0 Å². The van der Waals surface area contributed by atoms with Gasteiger partial charge in [0.15, 0.2) is 0 Å². The fourth-order valence-corrected chi connectivity index (χ4v) is 2.46. The summed E-state index contributed by atoms with van der Waals surface area (Å²) in [7, 11) is 0. The van der Waals surface area contributed by atoms with Crippen molar-refractivity contribution in [3.8, 4) is 0 Å². The van der Waals surface area contributed by atoms with Crippen molar-refractivity contribution in [1.29, 1.82) is 0 Å². The normalized spacial score (nSPS) is 18.5. The van der Waals surface area contributed by atoms with E-state index in [9.17, 15) is 0 Å². The maximum atomic E-state index is 4.22. The van der Waals surface area contributed by atoms with Crippen LogP contribution in [0.25, 0.3) is 0 Å². The Morgan fingerprint density at radius 1 is 1.18 bits per heavy atom. The summed E-state index contributed by atoms with van der Waals surface area (Å²) in [6.07, 6.45) is 6.94. The number of rotatable bonds is 2. The summed E-state index contributed by atoms with van der Waals surface area (Å²) in [5.41, 5.74) is 2.88. The first-order chi connectivity index (χ1) is 8.43. The topological polar surface area (TPSA) is 37.8 Å². The molecule has 1 aliphatic carbocycles. The number of hydrogen-bond acceptors (Lipinski definition) is 3. The number of nitrogens with one attached hydrogen (secondary N) is 1. The van der Waals surface area contributed by atoms with Gasteiger partial charge in [0.25, 0.3) is 0 Å². The van der Waals surface area contributed by atoms with Gasteiger partial charge < -0.3 is 5.32 Å². The summed E-state index contributed by atoms with van der Waals surface area (Å²) in [5.74, 6) is 0.904. The third-order valence-electron chi connectivity index (χ3n) is 3.27. The number of fused-ring (bicyclic) bond motifs is 1. The summed E-state index contributed by atoms with van der Waals surface area (Å²) in [6, 6.07) is 11.0. The van der Waals surface area contributed by atoms with Crippen LogP contribution in [-0.4, -0.2) is 9.97 Å². The van der Waals surface area contributed by atoms with E-state index < -0.39 is 0 Å². The van der Waals surface area contributed by atoms with Crippen molar-refractivity contribution >= 4 is 5.82 Å². The van der Waals surface area contributed by atoms with Crippen molar-refractivity contribution in [2.75, 3.05) is 5.32 Å². The zero-order chi connectivity index (χ0) is 11.5. The molecule has 1 aliphatic rings. The smallest absolute Gasteiger partial charge is 0.129 e. The van der Waals surface area contributed by atoms with E-state index in [4.69, 9.17) is 0 Å². The van der Waals surface area contributed by atoms with Gasteiger partial charge in [-0.05, 0) is 36.5 Å². The van der Waals surface area contributed by atoms with Crippen LogP contribution in [-0.2, 0) is 6.42 Å². The Morgan fingerprint density at radius 3 is 3.00 bits per heavy atom. The number of nitrogens with zero attached hydrogens (tertiary/aromatic N) is 2. The van der Waals surface area contributed by atoms with E-state index in [0.29, 0.717) is 6.04 Å². The van der Waals surface area contributed by atoms with Crippen LogP contribution in [0.3, 0.4) is 0 Å². The van der Waals surface area contributed by atoms with E-state index in [1.807, 2.05) is 6.07 Å². The molecular weight excluding hydrogens is 210 g/mol. The predicted molar refractivity (Wildman–Crippen MR) is 67.8 cm³/mol. The first-order valence-corrected chi connectivity index (χ1v) is 6.04. The van der Waals surface area contributed by atoms with Gasteiger partial charge in [0.05, 0.1) is 6.04 Å². The maximum absolute atomic E-state index is 4.22. The molecule has 1 atom stereocenters. The zero-order valence-corrected chi connectivity index (χ0v) is 9.63. The molecule has 0 aliphatic heterocycles. The molecule has 0 fully saturated rings. The Bertz CT molecular complexity index is 496. The first kappa shape index (κ1) is 10.3. The Kier molecular flexibility index (Phi) is 2.74. The van der Waals surface area contributed by atoms with Crippen molar-refractivity contribution in [3.05, 3.63) is 54.0 Å². The van der Waals surface area contributed by atoms with E-state index in [1.54, 1.807) is 12.5 Å². The van der Waals surface area contributed by atoms with Crippen molar-refractivity contribution in [1.82, 2.24) is 9.97 Å². The van der Waals surface area contributed by atoms with Gasteiger partial charge in [-0.15, -0.1) is 0 Å². The molecule has 3 heteroatoms. The van der Waals surface area contributed by atoms with Crippen LogP contribution in [0.15, 0.2) is 42.9 Å². The minimum Gasteiger partial charge on any atom is -0.363 e. The third kappa shape index (κ3) is 2.13. The average molecular weight is 225 g/mol. The number of aryl methyl sites for hydroxylation is 1. The molecule has 0 radical (unpaired) electrons. The second-order valence-corrected chi connectivity index (χ2v) is 4.38. The first-order valence-electron chi connectivity index (χ1n) is 6.04. The van der Waals surface area contributed by atoms with Gasteiger partial charge in [0, 0.05) is 6.20 Å². The van der Waals surface area contributed by atoms with E-state index in [-0.39, 0.29) is 0 Å². The largest absolute Gasteiger partial charge is 0.363 e. The van der Waals surface area contributed by atoms with E-state index in [1.165, 1.54) is 30.4 Å². The summed E-state index contributed by atoms with van der Waals surface area (Å²) in [6.45, 7) is 0. The summed E-state index contributed by atoms with van der Waals surface area (Å²) < 4.78 is 0. The Labute approximate surface area is 101 Å². The molecule has 17 heavy (non-hydrogen) atoms. The van der Waals surface area contributed by atoms with Gasteiger partial charge >= 0.3 is 0 Å². The molecule has 0 spiro atoms. The Balaban J connectivity index is 1.86. The van der Waals surface area contributed by atoms with Gasteiger partial charge in [0.1, 0.15) is 12.1 Å². The minimum absolute atomic E-state index is 0.384. The summed E-state index contributed by atoms with van der Waals surface area (Å²) >= 11 is 0. The molecule has 1 heterocycles. The van der Waals surface area contributed by atoms with Crippen LogP contribution >= 0.6 is 0 Å². The molecule has 0 saturated heterocycles. The second-order valence-electron chi connectivity index (χ2n) is 4.38. The maximum Gasteiger partial charge on any atom is 0.129 e. The zero-order valence-electron chi connectivity index (χ0n) is 9.63. The van der Waals surface area contributed by atoms with Crippen molar-refractivity contribution < 1.29 is 0 Å². The van der Waals surface area contributed by atoms with E-state index in [2.05, 4.69) is 39.6 Å². The summed E-state index contributed by atoms with van der Waals surface area (Å²) in [4.78, 5) is 8.16. The Hall–Kier alpha value is -1.90. The SMILES string of the molecule is c1ccc2c(c1)CCC[C@H]2Nc1ccncn1. The molecule has 86 valence electrons. The average Bonchev–Trinajstić information content (AvgIpc) is 2.40. The summed E-state index contributed by atoms with van der Waals surface area (Å²) in [5, 5.41) is 3.49. The molecule has 0 bridgehead atoms. The Morgan fingerprint density at radius 2 is 2.12 bits per heavy atom. The fourth-order valence-electron chi connectivity index (χ4n) is 2.46. The lowest BCUT2D eigenvalue weighted by Gasteiger charge is -2.26. The van der Waals surface area contributed by atoms with Crippen LogP contribution in [0.1, 0.15) is 30.0 Å². The van der Waals surface area contributed by atoms with Crippen LogP contribution in [0, 0.1) is 0 Å². The highest BCUT2D eigenvalue weighted by Crippen LogP contribution is 2.31. The second kappa shape index (κ2) is 4.53. The standard InChI is InChI=1S/C14H15N3/c1-2-6-12-11(4-1)5-3-7-13(12)17-14-8-9-15-10-16-14/h1-2,4,6,8-10,13H,3,5,7H2,(H,15,16,17)/t13-/m1/s1. The van der Waals surface area contributed by atoms with Crippen LogP contribution in [0.2, 0.25) is 0 Å². The molecule has 0 amide bonds. The lowest BCUT2D eigenvalue weighted by atomic mass is 9.88. The highest BCUT2D eigenvalue weighted by Gasteiger charge is 2.19. The lowest BCUT2D eigenvalue weighted by Crippen LogP contribution is -2.17. The molecule has 1 N–H and O–H groups in total. The highest BCUT2D eigenvalue weighted by atomic mass is 15.0. The third-order valence-corrected chi connectivity index (χ3v) is 3.27. The van der Waals surface area contributed by atoms with Gasteiger partial charge in [0.2, 0.25) is 0 Å². The van der Waals surface area contributed by atoms with Crippen molar-refractivity contribution in [2.24, 2.45) is 0 Å². The molecular formula is C14H15N3. The predicted octanol–water partition coefficient (Wildman–Crippen LogP) is 2.97. The van der Waals surface area contributed by atoms with Gasteiger partial charge in [-0.3, -0.25) is 0 Å². The molecule has 1 aromatic carbocycles. The lowest BCUT2D eigenvalue weighted by molar-refractivity contribution is 0.598. The number of hydrogen-bond donors (Lipinski definition) is 1. The minimum atomic E-state index is 0.384. The van der Waals surface area contributed by atoms with Gasteiger partial charge in [-0.1, -0.05) is 24.3 Å². The van der Waals surface area contributed by atoms with Gasteiger partial charge in [-0.25, -0.2) is 9.97 Å². The molecule has 1 aromatic heterocycles. The number of benzene rings is 1. The quantitative estimate of drug-likeness (QED) is 0.853. The van der Waals surface area contributed by atoms with E-state index in [0.717, 1.165) is 5.82 Å². The highest BCUT2D eigenvalue weighted by molar-refractivity contribution is 5.41. The number of anilines is 1. The molecule has 3 rings (SSSR count). The van der Waals surface area contributed by atoms with Crippen LogP contribution in [0.5, 0.6) is 0 Å².